The van der Waals surface area contributed by atoms with Crippen molar-refractivity contribution < 1.29 is 29.7 Å². The fourth-order valence-corrected chi connectivity index (χ4v) is 8.13. The monoisotopic (exact) mass is 406 g/mol. The van der Waals surface area contributed by atoms with E-state index in [-0.39, 0.29) is 30.1 Å². The van der Waals surface area contributed by atoms with Crippen LogP contribution in [-0.2, 0) is 9.59 Å². The van der Waals surface area contributed by atoms with Gasteiger partial charge in [0.05, 0.1) is 10.2 Å². The molecule has 5 rings (SSSR count). The maximum atomic E-state index is 15.6. The molecule has 0 amide bonds. The maximum Gasteiger partial charge on any atom is 0.178 e. The fraction of sp³-hybridized carbons (Fsp3) is 0.750. The minimum Gasteiger partial charge on any atom is -0.393 e. The molecule has 5 heteroatoms. The summed E-state index contributed by atoms with van der Waals surface area (Å²) in [5.74, 6) is -4.61. The van der Waals surface area contributed by atoms with Crippen LogP contribution in [0.1, 0.15) is 57.9 Å². The molecule has 0 aliphatic heterocycles. The van der Waals surface area contributed by atoms with Gasteiger partial charge >= 0.3 is 0 Å². The molecular weight excluding hydrogens is 371 g/mol. The van der Waals surface area contributed by atoms with E-state index in [1.807, 2.05) is 0 Å². The van der Waals surface area contributed by atoms with Crippen molar-refractivity contribution in [2.45, 2.75) is 64.6 Å². The lowest BCUT2D eigenvalue weighted by atomic mass is 9.44. The van der Waals surface area contributed by atoms with Crippen molar-refractivity contribution in [2.24, 2.45) is 39.9 Å². The van der Waals surface area contributed by atoms with Crippen LogP contribution in [0, 0.1) is 39.9 Å². The van der Waals surface area contributed by atoms with E-state index in [1.165, 1.54) is 18.2 Å². The molecule has 0 radical (unpaired) electrons. The number of ketones is 2. The van der Waals surface area contributed by atoms with E-state index in [9.17, 15) is 21.2 Å². The Labute approximate surface area is 176 Å². The Hall–Kier alpha value is -1.33. The average molecular weight is 407 g/mol. The Morgan fingerprint density at radius 2 is 2.17 bits per heavy atom. The first-order valence-electron chi connectivity index (χ1n) is 12.7. The highest BCUT2D eigenvalue weighted by Gasteiger charge is 2.72. The summed E-state index contributed by atoms with van der Waals surface area (Å²) in [6, 6.07) is 0. The molecule has 158 valence electrons. The summed E-state index contributed by atoms with van der Waals surface area (Å²) in [6.45, 7) is 0.325. The molecular formula is C24H31FO4. The molecule has 0 bridgehead atoms. The minimum absolute atomic E-state index is 0.117. The molecule has 5 aliphatic rings. The van der Waals surface area contributed by atoms with Gasteiger partial charge in [-0.05, 0) is 73.0 Å². The van der Waals surface area contributed by atoms with E-state index in [4.69, 9.17) is 4.11 Å². The number of halogens is 1. The molecule has 4 saturated carbocycles. The zero-order valence-electron chi connectivity index (χ0n) is 20.9. The maximum absolute atomic E-state index is 15.6. The van der Waals surface area contributed by atoms with E-state index < -0.39 is 58.6 Å². The number of aliphatic hydroxyl groups is 2. The molecule has 4 nitrogen and oxygen atoms in total. The summed E-state index contributed by atoms with van der Waals surface area (Å²) in [5, 5.41) is 21.8. The number of fused-ring (bicyclic) bond motifs is 7. The topological polar surface area (TPSA) is 74.6 Å². The highest BCUT2D eigenvalue weighted by atomic mass is 19.1. The standard InChI is InChI=1S/C24H31FO4/c1-22-7-5-14(27)9-17(22)18(25)10-15-16-8-13-4-3-6-24(13,20(29)12-26)23(16,2)11-19(28)21(15)22/h5,7,9,13,15-16,18-19,21,26,28H,3-4,6,8,10-12H2,1-2H3/t13-,15+,16-,18+,19+,21-,22-,23+,24-/m1/s1/i12D2,19D,21D. The number of rotatable bonds is 2. The van der Waals surface area contributed by atoms with Crippen LogP contribution >= 0.6 is 0 Å². The number of hydrogen-bond donors (Lipinski definition) is 2. The number of carbonyl (C=O) groups excluding carboxylic acids is 2. The van der Waals surface area contributed by atoms with Gasteiger partial charge in [0.2, 0.25) is 0 Å². The first-order chi connectivity index (χ1) is 15.1. The van der Waals surface area contributed by atoms with Crippen LogP contribution in [0.15, 0.2) is 23.8 Å². The SMILES string of the molecule is [2H]C([2H])(O)C(=O)[C@@]12CCC[C@@H]1C[C@@H]1[C@@H]3C[C@H](F)C4=CC(=O)C=C[C@@]4(C)[C@@]3([2H])[C@@]([2H])(O)C[C@@]12C. The molecule has 9 atom stereocenters. The van der Waals surface area contributed by atoms with Gasteiger partial charge in [0.1, 0.15) is 12.7 Å². The molecule has 0 heterocycles. The Kier molecular flexibility index (Phi) is 3.25. The Morgan fingerprint density at radius 1 is 1.41 bits per heavy atom. The smallest absolute Gasteiger partial charge is 0.178 e. The van der Waals surface area contributed by atoms with Crippen molar-refractivity contribution in [1.82, 2.24) is 0 Å². The van der Waals surface area contributed by atoms with Crippen LogP contribution in [0.5, 0.6) is 0 Å². The highest BCUT2D eigenvalue weighted by molar-refractivity contribution is 6.01. The van der Waals surface area contributed by atoms with Crippen LogP contribution in [0.25, 0.3) is 0 Å². The molecule has 0 aromatic carbocycles. The quantitative estimate of drug-likeness (QED) is 0.739. The van der Waals surface area contributed by atoms with Crippen molar-refractivity contribution in [1.29, 1.82) is 0 Å². The van der Waals surface area contributed by atoms with Gasteiger partial charge in [-0.15, -0.1) is 0 Å². The summed E-state index contributed by atoms with van der Waals surface area (Å²) in [7, 11) is 0. The van der Waals surface area contributed by atoms with Crippen LogP contribution in [0.2, 0.25) is 0 Å². The largest absolute Gasteiger partial charge is 0.393 e. The van der Waals surface area contributed by atoms with Crippen molar-refractivity contribution in [2.75, 3.05) is 6.56 Å². The van der Waals surface area contributed by atoms with Crippen LogP contribution in [-0.4, -0.2) is 40.6 Å². The van der Waals surface area contributed by atoms with Gasteiger partial charge in [-0.1, -0.05) is 26.3 Å². The van der Waals surface area contributed by atoms with Gasteiger partial charge in [-0.25, -0.2) is 4.39 Å². The number of hydrogen-bond acceptors (Lipinski definition) is 4. The molecule has 0 aromatic rings. The van der Waals surface area contributed by atoms with E-state index >= 15 is 4.39 Å². The van der Waals surface area contributed by atoms with Crippen molar-refractivity contribution in [3.63, 3.8) is 0 Å². The highest BCUT2D eigenvalue weighted by Crippen LogP contribution is 2.74. The summed E-state index contributed by atoms with van der Waals surface area (Å²) >= 11 is 0. The zero-order valence-corrected chi connectivity index (χ0v) is 16.9. The third kappa shape index (κ3) is 2.21. The second-order valence-corrected chi connectivity index (χ2v) is 10.1. The number of alkyl halides is 1. The zero-order chi connectivity index (χ0) is 24.4. The van der Waals surface area contributed by atoms with E-state index in [2.05, 4.69) is 0 Å². The molecule has 0 unspecified atom stereocenters. The lowest BCUT2D eigenvalue weighted by Crippen LogP contribution is -2.60. The number of Topliss-reactive ketones (excluding diaryl/α,β-unsaturated/α-hetero) is 1. The second kappa shape index (κ2) is 6.10. The van der Waals surface area contributed by atoms with Crippen molar-refractivity contribution in [3.8, 4) is 0 Å². The molecule has 0 spiro atoms. The minimum atomic E-state index is -3.06. The first kappa shape index (κ1) is 15.5. The predicted molar refractivity (Wildman–Crippen MR) is 106 cm³/mol. The van der Waals surface area contributed by atoms with Crippen molar-refractivity contribution >= 4 is 11.6 Å². The molecule has 0 saturated heterocycles. The van der Waals surface area contributed by atoms with E-state index in [1.54, 1.807) is 13.8 Å². The van der Waals surface area contributed by atoms with E-state index in [0.717, 1.165) is 0 Å². The van der Waals surface area contributed by atoms with Crippen molar-refractivity contribution in [3.05, 3.63) is 23.8 Å². The van der Waals surface area contributed by atoms with Crippen LogP contribution in [0.3, 0.4) is 0 Å². The Bertz CT molecular complexity index is 1000. The van der Waals surface area contributed by atoms with Gasteiger partial charge in [0, 0.05) is 18.1 Å². The molecule has 2 N–H and O–H groups in total. The average Bonchev–Trinajstić information content (AvgIpc) is 3.21. The third-order valence-electron chi connectivity index (χ3n) is 9.24. The lowest BCUT2D eigenvalue weighted by molar-refractivity contribution is -0.162. The van der Waals surface area contributed by atoms with Gasteiger partial charge in [0.25, 0.3) is 0 Å². The lowest BCUT2D eigenvalue weighted by Gasteiger charge is -2.60. The van der Waals surface area contributed by atoms with Gasteiger partial charge in [-0.3, -0.25) is 9.59 Å². The molecule has 5 aliphatic carbocycles. The van der Waals surface area contributed by atoms with Crippen LogP contribution < -0.4 is 0 Å². The molecule has 4 fully saturated rings. The molecule has 0 aromatic heterocycles. The number of allylic oxidation sites excluding steroid dienone is 4. The fourth-order valence-electron chi connectivity index (χ4n) is 8.13. The summed E-state index contributed by atoms with van der Waals surface area (Å²) in [6.07, 6.45) is 1.72. The predicted octanol–water partition coefficient (Wildman–Crippen LogP) is 3.17. The number of carbonyl (C=O) groups is 2. The van der Waals surface area contributed by atoms with Gasteiger partial charge in [-0.2, -0.15) is 0 Å². The Morgan fingerprint density at radius 3 is 2.90 bits per heavy atom. The molecule has 29 heavy (non-hydrogen) atoms. The summed E-state index contributed by atoms with van der Waals surface area (Å²) < 4.78 is 49.8. The van der Waals surface area contributed by atoms with Gasteiger partial charge in [0.15, 0.2) is 11.6 Å². The Balaban J connectivity index is 1.70. The van der Waals surface area contributed by atoms with Gasteiger partial charge < -0.3 is 10.2 Å². The summed E-state index contributed by atoms with van der Waals surface area (Å²) in [5.41, 5.74) is -3.60. The normalized spacial score (nSPS) is 60.6. The van der Waals surface area contributed by atoms with E-state index in [0.29, 0.717) is 25.7 Å². The second-order valence-electron chi connectivity index (χ2n) is 10.1. The first-order valence-corrected chi connectivity index (χ1v) is 10.7. The van der Waals surface area contributed by atoms with Crippen LogP contribution in [0.4, 0.5) is 4.39 Å². The third-order valence-corrected chi connectivity index (χ3v) is 9.24. The summed E-state index contributed by atoms with van der Waals surface area (Å²) in [4.78, 5) is 25.4.